The number of rotatable bonds is 21. The van der Waals surface area contributed by atoms with E-state index >= 15 is 0 Å². The van der Waals surface area contributed by atoms with Gasteiger partial charge in [-0.1, -0.05) is 101 Å². The summed E-state index contributed by atoms with van der Waals surface area (Å²) in [5, 5.41) is 0. The number of hydrogen-bond donors (Lipinski definition) is 0. The molecule has 2 rings (SSSR count). The maximum atomic E-state index is 12.4. The summed E-state index contributed by atoms with van der Waals surface area (Å²) < 4.78 is 12.3. The third kappa shape index (κ3) is 14.6. The quantitative estimate of drug-likeness (QED) is 0.0934. The van der Waals surface area contributed by atoms with Crippen LogP contribution in [0.25, 0.3) is 0 Å². The van der Waals surface area contributed by atoms with E-state index in [-0.39, 0.29) is 11.9 Å². The van der Waals surface area contributed by atoms with E-state index in [1.54, 1.807) is 0 Å². The maximum absolute atomic E-state index is 12.4. The predicted octanol–water partition coefficient (Wildman–Crippen LogP) is 8.37. The molecule has 2 aromatic carbocycles. The molecule has 0 aliphatic carbocycles. The van der Waals surface area contributed by atoms with Crippen LogP contribution in [0, 0.1) is 5.92 Å². The lowest BCUT2D eigenvalue weighted by Crippen LogP contribution is -2.40. The van der Waals surface area contributed by atoms with E-state index in [9.17, 15) is 4.79 Å². The number of nitrogens with zero attached hydrogens (tertiary/aromatic N) is 1. The lowest BCUT2D eigenvalue weighted by molar-refractivity contribution is -0.904. The molecule has 0 saturated heterocycles. The van der Waals surface area contributed by atoms with Crippen LogP contribution in [-0.4, -0.2) is 44.3 Å². The highest BCUT2D eigenvalue weighted by molar-refractivity contribution is 5.71. The topological polar surface area (TPSA) is 35.5 Å². The van der Waals surface area contributed by atoms with Crippen molar-refractivity contribution in [3.63, 3.8) is 0 Å². The van der Waals surface area contributed by atoms with Gasteiger partial charge in [-0.25, -0.2) is 0 Å². The zero-order valence-corrected chi connectivity index (χ0v) is 24.8. The standard InChI is InChI=1S/C34H54NO3/c1-5-6-7-8-9-10-11-13-18-31-21-23-33(24-22-31)37-27-16-17-28-38-34(36)30(2)25-26-35(3,4)29-32-19-14-12-15-20-32/h12,14-15,19-24,30H,5-11,13,16-18,25-29H2,1-4H3/q+1. The van der Waals surface area contributed by atoms with Crippen molar-refractivity contribution in [3.8, 4) is 5.75 Å². The van der Waals surface area contributed by atoms with Crippen molar-refractivity contribution >= 4 is 5.97 Å². The van der Waals surface area contributed by atoms with Crippen LogP contribution in [0.5, 0.6) is 5.75 Å². The van der Waals surface area contributed by atoms with Crippen LogP contribution in [0.3, 0.4) is 0 Å². The largest absolute Gasteiger partial charge is 0.494 e. The van der Waals surface area contributed by atoms with Gasteiger partial charge in [0, 0.05) is 12.0 Å². The first-order chi connectivity index (χ1) is 18.4. The minimum absolute atomic E-state index is 0.0799. The Balaban J connectivity index is 1.49. The molecule has 4 heteroatoms. The van der Waals surface area contributed by atoms with Crippen LogP contribution < -0.4 is 4.74 Å². The number of ether oxygens (including phenoxy) is 2. The number of carbonyl (C=O) groups is 1. The van der Waals surface area contributed by atoms with Crippen molar-refractivity contribution in [1.82, 2.24) is 0 Å². The van der Waals surface area contributed by atoms with Crippen LogP contribution >= 0.6 is 0 Å². The Labute approximate surface area is 233 Å². The Bertz CT molecular complexity index is 863. The second-order valence-corrected chi connectivity index (χ2v) is 11.6. The van der Waals surface area contributed by atoms with Gasteiger partial charge in [0.25, 0.3) is 0 Å². The van der Waals surface area contributed by atoms with E-state index in [2.05, 4.69) is 69.6 Å². The van der Waals surface area contributed by atoms with Gasteiger partial charge >= 0.3 is 5.97 Å². The fourth-order valence-corrected chi connectivity index (χ4v) is 4.74. The summed E-state index contributed by atoms with van der Waals surface area (Å²) in [6.45, 7) is 7.27. The minimum Gasteiger partial charge on any atom is -0.494 e. The second-order valence-electron chi connectivity index (χ2n) is 11.6. The molecule has 0 heterocycles. The number of quaternary nitrogens is 1. The van der Waals surface area contributed by atoms with Gasteiger partial charge in [0.15, 0.2) is 0 Å². The van der Waals surface area contributed by atoms with Crippen molar-refractivity contribution in [3.05, 3.63) is 65.7 Å². The maximum Gasteiger partial charge on any atom is 0.308 e. The van der Waals surface area contributed by atoms with Crippen LogP contribution in [0.2, 0.25) is 0 Å². The van der Waals surface area contributed by atoms with E-state index in [0.717, 1.165) is 49.0 Å². The second kappa shape index (κ2) is 18.8. The van der Waals surface area contributed by atoms with E-state index in [4.69, 9.17) is 9.47 Å². The zero-order valence-electron chi connectivity index (χ0n) is 24.8. The average Bonchev–Trinajstić information content (AvgIpc) is 2.91. The van der Waals surface area contributed by atoms with Gasteiger partial charge in [-0.3, -0.25) is 4.79 Å². The van der Waals surface area contributed by atoms with Gasteiger partial charge in [-0.2, -0.15) is 0 Å². The van der Waals surface area contributed by atoms with Gasteiger partial charge in [0.05, 0.1) is 39.8 Å². The Kier molecular flexibility index (Phi) is 15.8. The molecule has 38 heavy (non-hydrogen) atoms. The van der Waals surface area contributed by atoms with Gasteiger partial charge in [0.1, 0.15) is 12.3 Å². The Morgan fingerprint density at radius 3 is 2.08 bits per heavy atom. The molecule has 0 saturated carbocycles. The van der Waals surface area contributed by atoms with Crippen LogP contribution in [0.15, 0.2) is 54.6 Å². The molecule has 0 spiro atoms. The highest BCUT2D eigenvalue weighted by atomic mass is 16.5. The lowest BCUT2D eigenvalue weighted by atomic mass is 10.0. The molecule has 0 fully saturated rings. The molecular weight excluding hydrogens is 470 g/mol. The normalized spacial score (nSPS) is 12.3. The molecule has 2 aromatic rings. The van der Waals surface area contributed by atoms with Crippen molar-refractivity contribution in [2.45, 2.75) is 97.4 Å². The number of unbranched alkanes of at least 4 members (excludes halogenated alkanes) is 8. The van der Waals surface area contributed by atoms with E-state index in [1.807, 2.05) is 13.0 Å². The van der Waals surface area contributed by atoms with Gasteiger partial charge < -0.3 is 14.0 Å². The Morgan fingerprint density at radius 1 is 0.763 bits per heavy atom. The van der Waals surface area contributed by atoms with E-state index in [0.29, 0.717) is 13.2 Å². The lowest BCUT2D eigenvalue weighted by Gasteiger charge is -2.30. The molecule has 0 aliphatic heterocycles. The summed E-state index contributed by atoms with van der Waals surface area (Å²) in [6, 6.07) is 19.1. The van der Waals surface area contributed by atoms with Crippen molar-refractivity contribution in [2.75, 3.05) is 33.9 Å². The number of hydrogen-bond acceptors (Lipinski definition) is 3. The average molecular weight is 525 g/mol. The van der Waals surface area contributed by atoms with Crippen LogP contribution in [-0.2, 0) is 22.5 Å². The number of aryl methyl sites for hydroxylation is 1. The van der Waals surface area contributed by atoms with E-state index < -0.39 is 0 Å². The molecule has 0 N–H and O–H groups in total. The zero-order chi connectivity index (χ0) is 27.5. The minimum atomic E-state index is -0.0855. The smallest absolute Gasteiger partial charge is 0.308 e. The van der Waals surface area contributed by atoms with Crippen molar-refractivity contribution in [2.24, 2.45) is 5.92 Å². The Hall–Kier alpha value is -2.33. The predicted molar refractivity (Wildman–Crippen MR) is 159 cm³/mol. The number of benzene rings is 2. The van der Waals surface area contributed by atoms with Gasteiger partial charge in [0.2, 0.25) is 0 Å². The van der Waals surface area contributed by atoms with Crippen LogP contribution in [0.4, 0.5) is 0 Å². The van der Waals surface area contributed by atoms with E-state index in [1.165, 1.54) is 62.5 Å². The number of esters is 1. The highest BCUT2D eigenvalue weighted by Gasteiger charge is 2.21. The summed E-state index contributed by atoms with van der Waals surface area (Å²) in [4.78, 5) is 12.4. The third-order valence-corrected chi connectivity index (χ3v) is 7.32. The first-order valence-electron chi connectivity index (χ1n) is 15.1. The molecule has 212 valence electrons. The molecule has 0 bridgehead atoms. The Morgan fingerprint density at radius 2 is 1.39 bits per heavy atom. The first kappa shape index (κ1) is 31.9. The van der Waals surface area contributed by atoms with Crippen molar-refractivity contribution in [1.29, 1.82) is 0 Å². The fraction of sp³-hybridized carbons (Fsp3) is 0.618. The summed E-state index contributed by atoms with van der Waals surface area (Å²) in [5.74, 6) is 0.757. The molecule has 0 aliphatic rings. The third-order valence-electron chi connectivity index (χ3n) is 7.32. The van der Waals surface area contributed by atoms with Crippen molar-refractivity contribution < 1.29 is 18.8 Å². The number of carbonyl (C=O) groups excluding carboxylic acids is 1. The highest BCUT2D eigenvalue weighted by Crippen LogP contribution is 2.17. The molecular formula is C34H54NO3+. The van der Waals surface area contributed by atoms with Crippen LogP contribution in [0.1, 0.15) is 95.6 Å². The van der Waals surface area contributed by atoms with Gasteiger partial charge in [-0.05, 0) is 43.4 Å². The molecule has 1 unspecified atom stereocenters. The summed E-state index contributed by atoms with van der Waals surface area (Å²) in [7, 11) is 4.44. The first-order valence-corrected chi connectivity index (χ1v) is 15.1. The monoisotopic (exact) mass is 524 g/mol. The molecule has 0 radical (unpaired) electrons. The molecule has 0 amide bonds. The molecule has 4 nitrogen and oxygen atoms in total. The molecule has 0 aromatic heterocycles. The fourth-order valence-electron chi connectivity index (χ4n) is 4.74. The summed E-state index contributed by atoms with van der Waals surface area (Å²) in [5.41, 5.74) is 2.72. The summed E-state index contributed by atoms with van der Waals surface area (Å²) >= 11 is 0. The molecule has 1 atom stereocenters. The van der Waals surface area contributed by atoms with Gasteiger partial charge in [-0.15, -0.1) is 0 Å². The summed E-state index contributed by atoms with van der Waals surface area (Å²) in [6.07, 6.45) is 14.6. The SMILES string of the molecule is CCCCCCCCCCc1ccc(OCCCCOC(=O)C(C)CC[N+](C)(C)Cc2ccccc2)cc1.